The van der Waals surface area contributed by atoms with E-state index in [2.05, 4.69) is 14.4 Å². The van der Waals surface area contributed by atoms with Gasteiger partial charge in [-0.15, -0.1) is 0 Å². The van der Waals surface area contributed by atoms with Crippen molar-refractivity contribution in [1.82, 2.24) is 4.72 Å². The van der Waals surface area contributed by atoms with Crippen LogP contribution in [0.4, 0.5) is 5.69 Å². The number of hydrogen-bond acceptors (Lipinski definition) is 5. The number of nitrogens with one attached hydrogen (secondary N) is 2. The Morgan fingerprint density at radius 3 is 2.27 bits per heavy atom. The highest BCUT2D eigenvalue weighted by atomic mass is 32.2. The minimum absolute atomic E-state index is 0.0361. The molecule has 0 radical (unpaired) electrons. The molecular weight excluding hydrogens is 458 g/mol. The quantitative estimate of drug-likeness (QED) is 0.542. The van der Waals surface area contributed by atoms with E-state index in [1.54, 1.807) is 18.2 Å². The van der Waals surface area contributed by atoms with Gasteiger partial charge in [-0.2, -0.15) is 0 Å². The lowest BCUT2D eigenvalue weighted by Gasteiger charge is -2.14. The SMILES string of the molecule is O=S(=O)(NC1=NCCCCC1)c1cccc(NS(=O)(=O)c2ccccc2-c2ccccc2)c1. The second-order valence-corrected chi connectivity index (χ2v) is 11.1. The number of rotatable bonds is 6. The van der Waals surface area contributed by atoms with E-state index in [4.69, 9.17) is 0 Å². The molecule has 1 aliphatic rings. The molecule has 0 saturated heterocycles. The summed E-state index contributed by atoms with van der Waals surface area (Å²) in [6.45, 7) is 0.596. The molecule has 0 saturated carbocycles. The third-order valence-electron chi connectivity index (χ3n) is 5.28. The first-order valence-corrected chi connectivity index (χ1v) is 13.7. The predicted molar refractivity (Wildman–Crippen MR) is 130 cm³/mol. The lowest BCUT2D eigenvalue weighted by atomic mass is 10.1. The van der Waals surface area contributed by atoms with Crippen LogP contribution >= 0.6 is 0 Å². The monoisotopic (exact) mass is 483 g/mol. The summed E-state index contributed by atoms with van der Waals surface area (Å²) in [5.41, 5.74) is 1.48. The van der Waals surface area contributed by atoms with Gasteiger partial charge < -0.3 is 0 Å². The zero-order valence-corrected chi connectivity index (χ0v) is 19.6. The van der Waals surface area contributed by atoms with Crippen molar-refractivity contribution < 1.29 is 16.8 Å². The molecule has 2 N–H and O–H groups in total. The number of nitrogens with zero attached hydrogens (tertiary/aromatic N) is 1. The highest BCUT2D eigenvalue weighted by molar-refractivity contribution is 7.93. The van der Waals surface area contributed by atoms with Crippen LogP contribution in [0.1, 0.15) is 25.7 Å². The lowest BCUT2D eigenvalue weighted by molar-refractivity contribution is 0.591. The van der Waals surface area contributed by atoms with Crippen LogP contribution in [0.2, 0.25) is 0 Å². The molecule has 9 heteroatoms. The van der Waals surface area contributed by atoms with Gasteiger partial charge in [0.05, 0.1) is 15.5 Å². The number of amidine groups is 1. The maximum Gasteiger partial charge on any atom is 0.262 e. The van der Waals surface area contributed by atoms with Crippen molar-refractivity contribution in [2.75, 3.05) is 11.3 Å². The number of hydrogen-bond donors (Lipinski definition) is 2. The fourth-order valence-electron chi connectivity index (χ4n) is 3.67. The third kappa shape index (κ3) is 5.61. The Hall–Kier alpha value is -3.17. The third-order valence-corrected chi connectivity index (χ3v) is 8.10. The Labute approximate surface area is 194 Å². The maximum absolute atomic E-state index is 13.2. The molecule has 172 valence electrons. The normalized spacial score (nSPS) is 14.7. The van der Waals surface area contributed by atoms with E-state index in [0.29, 0.717) is 24.4 Å². The first kappa shape index (κ1) is 23.0. The van der Waals surface area contributed by atoms with Gasteiger partial charge in [0.2, 0.25) is 0 Å². The summed E-state index contributed by atoms with van der Waals surface area (Å²) in [5.74, 6) is 0.440. The van der Waals surface area contributed by atoms with E-state index in [1.165, 1.54) is 30.3 Å². The van der Waals surface area contributed by atoms with Crippen molar-refractivity contribution in [3.05, 3.63) is 78.9 Å². The summed E-state index contributed by atoms with van der Waals surface area (Å²) in [4.78, 5) is 4.38. The zero-order valence-electron chi connectivity index (χ0n) is 17.9. The number of aliphatic imine (C=N–C) groups is 1. The molecule has 0 fully saturated rings. The lowest BCUT2D eigenvalue weighted by Crippen LogP contribution is -2.30. The molecule has 1 heterocycles. The minimum atomic E-state index is -3.98. The topological polar surface area (TPSA) is 105 Å². The Kier molecular flexibility index (Phi) is 6.80. The molecule has 3 aromatic rings. The largest absolute Gasteiger partial charge is 0.280 e. The second kappa shape index (κ2) is 9.76. The van der Waals surface area contributed by atoms with Gasteiger partial charge in [0, 0.05) is 18.5 Å². The highest BCUT2D eigenvalue weighted by Gasteiger charge is 2.21. The Morgan fingerprint density at radius 2 is 1.45 bits per heavy atom. The van der Waals surface area contributed by atoms with Gasteiger partial charge in [0.15, 0.2) is 0 Å². The second-order valence-electron chi connectivity index (χ2n) is 7.74. The molecule has 0 aromatic heterocycles. The average Bonchev–Trinajstić information content (AvgIpc) is 3.08. The van der Waals surface area contributed by atoms with E-state index in [1.807, 2.05) is 30.3 Å². The standard InChI is InChI=1S/C24H25N3O4S2/c28-32(29,27-24-16-5-2-8-17-25-24)21-13-9-12-20(18-21)26-33(30,31)23-15-7-6-14-22(23)19-10-3-1-4-11-19/h1,3-4,6-7,9-15,18,26H,2,5,8,16-17H2,(H,25,27). The highest BCUT2D eigenvalue weighted by Crippen LogP contribution is 2.29. The first-order chi connectivity index (χ1) is 15.9. The summed E-state index contributed by atoms with van der Waals surface area (Å²) in [6.07, 6.45) is 3.40. The Morgan fingerprint density at radius 1 is 0.697 bits per heavy atom. The van der Waals surface area contributed by atoms with Gasteiger partial charge in [-0.3, -0.25) is 14.4 Å². The van der Waals surface area contributed by atoms with Gasteiger partial charge >= 0.3 is 0 Å². The van der Waals surface area contributed by atoms with Crippen LogP contribution in [-0.4, -0.2) is 29.2 Å². The molecule has 3 aromatic carbocycles. The van der Waals surface area contributed by atoms with Crippen molar-refractivity contribution in [2.45, 2.75) is 35.5 Å². The molecule has 33 heavy (non-hydrogen) atoms. The van der Waals surface area contributed by atoms with Crippen LogP contribution in [0.25, 0.3) is 11.1 Å². The Bertz CT molecular complexity index is 1370. The molecule has 0 bridgehead atoms. The molecular formula is C24H25N3O4S2. The summed E-state index contributed by atoms with van der Waals surface area (Å²) in [7, 11) is -7.86. The minimum Gasteiger partial charge on any atom is -0.280 e. The van der Waals surface area contributed by atoms with E-state index < -0.39 is 20.0 Å². The van der Waals surface area contributed by atoms with Crippen molar-refractivity contribution in [3.8, 4) is 11.1 Å². The first-order valence-electron chi connectivity index (χ1n) is 10.7. The molecule has 0 spiro atoms. The summed E-state index contributed by atoms with van der Waals surface area (Å²) in [5, 5.41) is 0. The van der Waals surface area contributed by atoms with Crippen LogP contribution in [0.5, 0.6) is 0 Å². The van der Waals surface area contributed by atoms with Crippen LogP contribution in [0.15, 0.2) is 93.6 Å². The van der Waals surface area contributed by atoms with Crippen molar-refractivity contribution in [1.29, 1.82) is 0 Å². The number of benzene rings is 3. The summed E-state index contributed by atoms with van der Waals surface area (Å²) in [6, 6.07) is 21.7. The van der Waals surface area contributed by atoms with Crippen molar-refractivity contribution in [2.24, 2.45) is 4.99 Å². The summed E-state index contributed by atoms with van der Waals surface area (Å²) < 4.78 is 57.2. The van der Waals surface area contributed by atoms with Crippen LogP contribution in [-0.2, 0) is 20.0 Å². The number of anilines is 1. The fourth-order valence-corrected chi connectivity index (χ4v) is 6.08. The van der Waals surface area contributed by atoms with E-state index in [0.717, 1.165) is 24.8 Å². The van der Waals surface area contributed by atoms with Gasteiger partial charge in [0.25, 0.3) is 20.0 Å². The number of sulfonamides is 2. The molecule has 0 unspecified atom stereocenters. The predicted octanol–water partition coefficient (Wildman–Crippen LogP) is 4.41. The van der Waals surface area contributed by atoms with Crippen LogP contribution in [0, 0.1) is 0 Å². The molecule has 0 atom stereocenters. The fraction of sp³-hybridized carbons (Fsp3) is 0.208. The molecule has 4 rings (SSSR count). The zero-order chi connectivity index (χ0) is 23.3. The molecule has 0 aliphatic carbocycles. The summed E-state index contributed by atoms with van der Waals surface area (Å²) >= 11 is 0. The van der Waals surface area contributed by atoms with E-state index >= 15 is 0 Å². The van der Waals surface area contributed by atoms with Gasteiger partial charge in [-0.05, 0) is 42.7 Å². The van der Waals surface area contributed by atoms with Crippen LogP contribution in [0.3, 0.4) is 0 Å². The molecule has 0 amide bonds. The molecule has 7 nitrogen and oxygen atoms in total. The molecule has 1 aliphatic heterocycles. The van der Waals surface area contributed by atoms with E-state index in [-0.39, 0.29) is 15.5 Å². The van der Waals surface area contributed by atoms with Crippen molar-refractivity contribution in [3.63, 3.8) is 0 Å². The average molecular weight is 484 g/mol. The van der Waals surface area contributed by atoms with Gasteiger partial charge in [-0.25, -0.2) is 16.8 Å². The van der Waals surface area contributed by atoms with Gasteiger partial charge in [0.1, 0.15) is 5.84 Å². The maximum atomic E-state index is 13.2. The van der Waals surface area contributed by atoms with Crippen molar-refractivity contribution >= 4 is 31.6 Å². The smallest absolute Gasteiger partial charge is 0.262 e. The Balaban J connectivity index is 1.61. The van der Waals surface area contributed by atoms with Gasteiger partial charge in [-0.1, -0.05) is 61.0 Å². The van der Waals surface area contributed by atoms with Crippen LogP contribution < -0.4 is 9.44 Å². The van der Waals surface area contributed by atoms with E-state index in [9.17, 15) is 16.8 Å².